The minimum Gasteiger partial charge on any atom is -0.312 e. The molecule has 0 amide bonds. The predicted molar refractivity (Wildman–Crippen MR) is 148 cm³/mol. The third-order valence-corrected chi connectivity index (χ3v) is 10.8. The topological polar surface area (TPSA) is 17.1 Å². The van der Waals surface area contributed by atoms with Gasteiger partial charge in [0.05, 0.1) is 0 Å². The molecule has 0 spiro atoms. The molecule has 31 heavy (non-hydrogen) atoms. The molecule has 0 fully saturated rings. The van der Waals surface area contributed by atoms with Crippen LogP contribution in [0.1, 0.15) is 168 Å². The van der Waals surface area contributed by atoms with Crippen LogP contribution in [0.25, 0.3) is 0 Å². The Bertz CT molecular complexity index is 353. The van der Waals surface area contributed by atoms with Crippen LogP contribution in [0.4, 0.5) is 0 Å². The molecule has 0 bridgehead atoms. The molecule has 0 aliphatic rings. The average Bonchev–Trinajstić information content (AvgIpc) is 2.75. The summed E-state index contributed by atoms with van der Waals surface area (Å²) in [4.78, 5) is 0. The van der Waals surface area contributed by atoms with Crippen molar-refractivity contribution in [2.45, 2.75) is 168 Å². The quantitative estimate of drug-likeness (QED) is 0.0817. The zero-order valence-electron chi connectivity index (χ0n) is 21.6. The van der Waals surface area contributed by atoms with E-state index in [1.54, 1.807) is 0 Å². The van der Waals surface area contributed by atoms with E-state index < -0.39 is 5.84 Å². The van der Waals surface area contributed by atoms with Gasteiger partial charge in [0.2, 0.25) is 0 Å². The Morgan fingerprint density at radius 1 is 0.387 bits per heavy atom. The Morgan fingerprint density at radius 2 is 0.581 bits per heavy atom. The van der Waals surface area contributed by atoms with Gasteiger partial charge in [0.15, 0.2) is 0 Å². The maximum Gasteiger partial charge on any atom is 0.148 e. The van der Waals surface area contributed by atoms with Gasteiger partial charge in [-0.1, -0.05) is 155 Å². The van der Waals surface area contributed by atoms with Crippen molar-refractivity contribution in [1.29, 1.82) is 0 Å². The van der Waals surface area contributed by atoms with E-state index in [-0.39, 0.29) is 0 Å². The summed E-state index contributed by atoms with van der Waals surface area (Å²) in [6, 6.07) is 0. The molecule has 0 saturated heterocycles. The first-order chi connectivity index (χ1) is 15.1. The summed E-state index contributed by atoms with van der Waals surface area (Å²) in [5, 5.41) is 0. The van der Waals surface area contributed by atoms with E-state index in [1.165, 1.54) is 141 Å². The molecule has 3 heteroatoms. The third-order valence-electron chi connectivity index (χ3n) is 6.69. The molecule has 0 heterocycles. The van der Waals surface area contributed by atoms with E-state index in [4.69, 9.17) is 0 Å². The first-order valence-corrected chi connectivity index (χ1v) is 18.5. The predicted octanol–water partition coefficient (Wildman–Crippen LogP) is 12.1. The molecule has 0 aliphatic heterocycles. The van der Waals surface area contributed by atoms with E-state index in [0.29, 0.717) is 0 Å². The van der Waals surface area contributed by atoms with Crippen LogP contribution < -0.4 is 0 Å². The SMILES string of the molecule is CCCCCCCCCCCCCCP(=O)(Br)CCCCCCCCCCCCCC. The monoisotopic (exact) mass is 520 g/mol. The van der Waals surface area contributed by atoms with Gasteiger partial charge in [-0.2, -0.15) is 0 Å². The number of rotatable bonds is 26. The summed E-state index contributed by atoms with van der Waals surface area (Å²) in [5.41, 5.74) is 0. The van der Waals surface area contributed by atoms with Crippen LogP contribution in [0.2, 0.25) is 0 Å². The molecule has 0 radical (unpaired) electrons. The summed E-state index contributed by atoms with van der Waals surface area (Å²) in [7, 11) is 0. The van der Waals surface area contributed by atoms with Crippen LogP contribution in [0.5, 0.6) is 0 Å². The number of unbranched alkanes of at least 4 members (excludes halogenated alkanes) is 22. The molecule has 1 nitrogen and oxygen atoms in total. The van der Waals surface area contributed by atoms with Crippen molar-refractivity contribution in [3.8, 4) is 0 Å². The first kappa shape index (κ1) is 31.7. The fourth-order valence-corrected chi connectivity index (χ4v) is 7.61. The highest BCUT2D eigenvalue weighted by Gasteiger charge is 2.16. The molecule has 0 aliphatic carbocycles. The third kappa shape index (κ3) is 26.8. The second-order valence-corrected chi connectivity index (χ2v) is 16.4. The molecule has 0 rings (SSSR count). The zero-order chi connectivity index (χ0) is 22.9. The van der Waals surface area contributed by atoms with Gasteiger partial charge in [0.25, 0.3) is 0 Å². The first-order valence-electron chi connectivity index (χ1n) is 14.4. The Balaban J connectivity index is 3.30. The number of hydrogen-bond donors (Lipinski definition) is 0. The van der Waals surface area contributed by atoms with Gasteiger partial charge in [-0.25, -0.2) is 0 Å². The normalized spacial score (nSPS) is 12.0. The molecular weight excluding hydrogens is 463 g/mol. The Morgan fingerprint density at radius 3 is 0.806 bits per heavy atom. The van der Waals surface area contributed by atoms with Crippen molar-refractivity contribution in [1.82, 2.24) is 0 Å². The lowest BCUT2D eigenvalue weighted by Gasteiger charge is -2.11. The van der Waals surface area contributed by atoms with Gasteiger partial charge >= 0.3 is 0 Å². The average molecular weight is 522 g/mol. The van der Waals surface area contributed by atoms with Crippen molar-refractivity contribution in [3.05, 3.63) is 0 Å². The highest BCUT2D eigenvalue weighted by Crippen LogP contribution is 2.55. The molecule has 188 valence electrons. The van der Waals surface area contributed by atoms with Crippen LogP contribution in [0.3, 0.4) is 0 Å². The van der Waals surface area contributed by atoms with E-state index in [9.17, 15) is 4.57 Å². The second-order valence-electron chi connectivity index (χ2n) is 10.0. The van der Waals surface area contributed by atoms with Crippen molar-refractivity contribution in [2.75, 3.05) is 12.3 Å². The molecule has 0 aromatic rings. The molecule has 0 atom stereocenters. The summed E-state index contributed by atoms with van der Waals surface area (Å²) < 4.78 is 12.7. The lowest BCUT2D eigenvalue weighted by molar-refractivity contribution is 0.543. The zero-order valence-corrected chi connectivity index (χ0v) is 24.1. The van der Waals surface area contributed by atoms with Crippen molar-refractivity contribution >= 4 is 21.3 Å². The molecule has 0 unspecified atom stereocenters. The summed E-state index contributed by atoms with van der Waals surface area (Å²) in [6.45, 7) is 4.57. The van der Waals surface area contributed by atoms with Gasteiger partial charge in [-0.15, -0.1) is 0 Å². The largest absolute Gasteiger partial charge is 0.312 e. The Labute approximate surface area is 205 Å². The van der Waals surface area contributed by atoms with Gasteiger partial charge in [-0.05, 0) is 28.3 Å². The fourth-order valence-electron chi connectivity index (χ4n) is 4.49. The minimum absolute atomic E-state index is 0.919. The van der Waals surface area contributed by atoms with E-state index >= 15 is 0 Å². The van der Waals surface area contributed by atoms with Crippen LogP contribution >= 0.6 is 21.3 Å². The van der Waals surface area contributed by atoms with Gasteiger partial charge in [0.1, 0.15) is 5.84 Å². The van der Waals surface area contributed by atoms with Crippen LogP contribution in [-0.4, -0.2) is 12.3 Å². The van der Waals surface area contributed by atoms with E-state index in [1.807, 2.05) is 0 Å². The van der Waals surface area contributed by atoms with E-state index in [0.717, 1.165) is 25.2 Å². The van der Waals surface area contributed by atoms with Crippen LogP contribution in [0.15, 0.2) is 0 Å². The van der Waals surface area contributed by atoms with Crippen LogP contribution in [-0.2, 0) is 4.57 Å². The van der Waals surface area contributed by atoms with Gasteiger partial charge in [0, 0.05) is 12.3 Å². The molecule has 0 N–H and O–H groups in total. The molecule has 0 saturated carbocycles. The number of halogens is 1. The van der Waals surface area contributed by atoms with Crippen LogP contribution in [0, 0.1) is 0 Å². The summed E-state index contributed by atoms with van der Waals surface area (Å²) in [6.07, 6.45) is 34.7. The molecule has 0 aromatic heterocycles. The lowest BCUT2D eigenvalue weighted by Crippen LogP contribution is -1.92. The summed E-state index contributed by atoms with van der Waals surface area (Å²) in [5.74, 6) is -2.04. The number of hydrogen-bond acceptors (Lipinski definition) is 1. The van der Waals surface area contributed by atoms with Gasteiger partial charge < -0.3 is 4.57 Å². The smallest absolute Gasteiger partial charge is 0.148 e. The Hall–Kier alpha value is 0.710. The summed E-state index contributed by atoms with van der Waals surface area (Å²) >= 11 is 3.60. The Kier molecular flexibility index (Phi) is 25.9. The molecule has 0 aromatic carbocycles. The van der Waals surface area contributed by atoms with Gasteiger partial charge in [-0.3, -0.25) is 0 Å². The fraction of sp³-hybridized carbons (Fsp3) is 1.00. The lowest BCUT2D eigenvalue weighted by atomic mass is 10.1. The maximum atomic E-state index is 12.7. The maximum absolute atomic E-state index is 12.7. The second kappa shape index (κ2) is 25.3. The minimum atomic E-state index is -2.04. The van der Waals surface area contributed by atoms with Crippen molar-refractivity contribution < 1.29 is 4.57 Å². The van der Waals surface area contributed by atoms with E-state index in [2.05, 4.69) is 29.3 Å². The highest BCUT2D eigenvalue weighted by molar-refractivity contribution is 9.40. The molecular formula is C28H58BrOP. The van der Waals surface area contributed by atoms with Crippen molar-refractivity contribution in [3.63, 3.8) is 0 Å². The highest BCUT2D eigenvalue weighted by atomic mass is 79.9. The standard InChI is InChI=1S/C28H58BrOP/c1-3-5-7-9-11-13-15-17-19-21-23-25-27-31(29,30)28-26-24-22-20-18-16-14-12-10-8-6-4-2/h3-28H2,1-2H3. The van der Waals surface area contributed by atoms with Crippen molar-refractivity contribution in [2.24, 2.45) is 0 Å².